The Morgan fingerprint density at radius 2 is 2.18 bits per heavy atom. The number of amides is 1. The molecule has 0 saturated heterocycles. The predicted octanol–water partition coefficient (Wildman–Crippen LogP) is 1.39. The molecule has 94 valence electrons. The van der Waals surface area contributed by atoms with Crippen LogP contribution in [-0.2, 0) is 0 Å². The molecule has 0 spiro atoms. The van der Waals surface area contributed by atoms with E-state index in [9.17, 15) is 13.6 Å². The van der Waals surface area contributed by atoms with E-state index < -0.39 is 25.0 Å². The number of hydrogen-bond donors (Lipinski definition) is 3. The molecule has 0 radical (unpaired) electrons. The standard InChI is InChI=1S/C10H11BrF2N2O2/c11-7-3-6(1-2-8(7)14)9(17)15-4-10(12,13)5-16/h1-3,16H,4-5,14H2,(H,15,17). The quantitative estimate of drug-likeness (QED) is 0.736. The van der Waals surface area contributed by atoms with Crippen LogP contribution in [0.4, 0.5) is 14.5 Å². The topological polar surface area (TPSA) is 75.4 Å². The Labute approximate surface area is 105 Å². The van der Waals surface area contributed by atoms with Crippen LogP contribution >= 0.6 is 15.9 Å². The molecule has 4 N–H and O–H groups in total. The van der Waals surface area contributed by atoms with Crippen molar-refractivity contribution in [3.63, 3.8) is 0 Å². The number of aliphatic hydroxyl groups is 1. The minimum Gasteiger partial charge on any atom is -0.398 e. The smallest absolute Gasteiger partial charge is 0.287 e. The third-order valence-corrected chi connectivity index (χ3v) is 2.69. The lowest BCUT2D eigenvalue weighted by Crippen LogP contribution is -2.38. The molecule has 0 fully saturated rings. The predicted molar refractivity (Wildman–Crippen MR) is 62.9 cm³/mol. The van der Waals surface area contributed by atoms with Crippen LogP contribution in [0.2, 0.25) is 0 Å². The zero-order valence-electron chi connectivity index (χ0n) is 8.71. The van der Waals surface area contributed by atoms with E-state index in [0.717, 1.165) is 0 Å². The maximum atomic E-state index is 12.7. The number of nitrogens with one attached hydrogen (secondary N) is 1. The fraction of sp³-hybridized carbons (Fsp3) is 0.300. The molecule has 0 aromatic heterocycles. The van der Waals surface area contributed by atoms with Gasteiger partial charge in [0.25, 0.3) is 11.8 Å². The second kappa shape index (κ2) is 5.42. The third kappa shape index (κ3) is 3.94. The molecular formula is C10H11BrF2N2O2. The number of alkyl halides is 2. The summed E-state index contributed by atoms with van der Waals surface area (Å²) >= 11 is 3.13. The fourth-order valence-corrected chi connectivity index (χ4v) is 1.41. The summed E-state index contributed by atoms with van der Waals surface area (Å²) in [5, 5.41) is 10.4. The van der Waals surface area contributed by atoms with Gasteiger partial charge in [0.15, 0.2) is 0 Å². The maximum absolute atomic E-state index is 12.7. The van der Waals surface area contributed by atoms with E-state index >= 15 is 0 Å². The van der Waals surface area contributed by atoms with Crippen LogP contribution in [0.3, 0.4) is 0 Å². The lowest BCUT2D eigenvalue weighted by molar-refractivity contribution is -0.0462. The van der Waals surface area contributed by atoms with E-state index in [2.05, 4.69) is 15.9 Å². The molecule has 0 atom stereocenters. The van der Waals surface area contributed by atoms with Crippen molar-refractivity contribution in [2.45, 2.75) is 5.92 Å². The van der Waals surface area contributed by atoms with Crippen molar-refractivity contribution in [2.24, 2.45) is 0 Å². The van der Waals surface area contributed by atoms with Gasteiger partial charge >= 0.3 is 0 Å². The van der Waals surface area contributed by atoms with Gasteiger partial charge in [-0.05, 0) is 34.1 Å². The second-order valence-electron chi connectivity index (χ2n) is 3.43. The summed E-state index contributed by atoms with van der Waals surface area (Å²) in [7, 11) is 0. The minimum atomic E-state index is -3.32. The summed E-state index contributed by atoms with van der Waals surface area (Å²) < 4.78 is 25.9. The van der Waals surface area contributed by atoms with Gasteiger partial charge < -0.3 is 16.2 Å². The van der Waals surface area contributed by atoms with E-state index in [0.29, 0.717) is 10.2 Å². The van der Waals surface area contributed by atoms with Crippen molar-refractivity contribution in [1.82, 2.24) is 5.32 Å². The molecule has 1 amide bonds. The highest BCUT2D eigenvalue weighted by Gasteiger charge is 2.28. The third-order valence-electron chi connectivity index (χ3n) is 2.00. The lowest BCUT2D eigenvalue weighted by atomic mass is 10.2. The Bertz CT molecular complexity index is 427. The van der Waals surface area contributed by atoms with Crippen LogP contribution < -0.4 is 11.1 Å². The number of rotatable bonds is 4. The Kier molecular flexibility index (Phi) is 4.41. The number of carbonyl (C=O) groups is 1. The van der Waals surface area contributed by atoms with E-state index in [-0.39, 0.29) is 5.56 Å². The van der Waals surface area contributed by atoms with Crippen molar-refractivity contribution in [1.29, 1.82) is 0 Å². The van der Waals surface area contributed by atoms with Gasteiger partial charge in [0.2, 0.25) is 0 Å². The largest absolute Gasteiger partial charge is 0.398 e. The first-order valence-corrected chi connectivity index (χ1v) is 5.47. The number of benzene rings is 1. The highest BCUT2D eigenvalue weighted by atomic mass is 79.9. The van der Waals surface area contributed by atoms with Crippen LogP contribution in [0.5, 0.6) is 0 Å². The molecule has 17 heavy (non-hydrogen) atoms. The number of aliphatic hydroxyl groups excluding tert-OH is 1. The minimum absolute atomic E-state index is 0.208. The van der Waals surface area contributed by atoms with Crippen LogP contribution in [0.15, 0.2) is 22.7 Å². The van der Waals surface area contributed by atoms with Gasteiger partial charge in [0.05, 0.1) is 6.54 Å². The molecule has 0 unspecified atom stereocenters. The SMILES string of the molecule is Nc1ccc(C(=O)NCC(F)(F)CO)cc1Br. The summed E-state index contributed by atoms with van der Waals surface area (Å²) in [5.41, 5.74) is 6.18. The number of carbonyl (C=O) groups excluding carboxylic acids is 1. The molecular weight excluding hydrogens is 298 g/mol. The van der Waals surface area contributed by atoms with Gasteiger partial charge in [0.1, 0.15) is 6.61 Å². The molecule has 0 saturated carbocycles. The summed E-state index contributed by atoms with van der Waals surface area (Å²) in [6.07, 6.45) is 0. The summed E-state index contributed by atoms with van der Waals surface area (Å²) in [5.74, 6) is -3.97. The van der Waals surface area contributed by atoms with Crippen LogP contribution in [0, 0.1) is 0 Å². The highest BCUT2D eigenvalue weighted by molar-refractivity contribution is 9.10. The van der Waals surface area contributed by atoms with E-state index in [4.69, 9.17) is 10.8 Å². The fourth-order valence-electron chi connectivity index (χ4n) is 1.04. The first-order chi connectivity index (χ1) is 7.85. The Morgan fingerprint density at radius 3 is 2.71 bits per heavy atom. The van der Waals surface area contributed by atoms with Gasteiger partial charge in [0, 0.05) is 15.7 Å². The lowest BCUT2D eigenvalue weighted by Gasteiger charge is -2.14. The molecule has 1 aromatic carbocycles. The average Bonchev–Trinajstić information content (AvgIpc) is 2.30. The summed E-state index contributed by atoms with van der Waals surface area (Å²) in [6.45, 7) is -2.22. The molecule has 1 aromatic rings. The van der Waals surface area contributed by atoms with Crippen molar-refractivity contribution in [3.05, 3.63) is 28.2 Å². The second-order valence-corrected chi connectivity index (χ2v) is 4.29. The number of anilines is 1. The maximum Gasteiger partial charge on any atom is 0.287 e. The van der Waals surface area contributed by atoms with Crippen molar-refractivity contribution in [2.75, 3.05) is 18.9 Å². The summed E-state index contributed by atoms with van der Waals surface area (Å²) in [4.78, 5) is 11.5. The zero-order valence-corrected chi connectivity index (χ0v) is 10.3. The first kappa shape index (κ1) is 13.9. The molecule has 0 heterocycles. The normalized spacial score (nSPS) is 11.3. The Morgan fingerprint density at radius 1 is 1.53 bits per heavy atom. The van der Waals surface area contributed by atoms with Crippen molar-refractivity contribution in [3.8, 4) is 0 Å². The molecule has 7 heteroatoms. The van der Waals surface area contributed by atoms with Crippen LogP contribution in [-0.4, -0.2) is 30.1 Å². The van der Waals surface area contributed by atoms with Crippen molar-refractivity contribution < 1.29 is 18.7 Å². The number of halogens is 3. The van der Waals surface area contributed by atoms with Crippen molar-refractivity contribution >= 4 is 27.5 Å². The summed E-state index contributed by atoms with van der Waals surface area (Å²) in [6, 6.07) is 4.34. The Balaban J connectivity index is 2.68. The van der Waals surface area contributed by atoms with Gasteiger partial charge in [-0.15, -0.1) is 0 Å². The molecule has 0 aliphatic carbocycles. The molecule has 4 nitrogen and oxygen atoms in total. The number of nitrogen functional groups attached to an aromatic ring is 1. The Hall–Kier alpha value is -1.21. The first-order valence-electron chi connectivity index (χ1n) is 4.67. The monoisotopic (exact) mass is 308 g/mol. The van der Waals surface area contributed by atoms with Gasteiger partial charge in [-0.3, -0.25) is 4.79 Å². The molecule has 0 aliphatic rings. The van der Waals surface area contributed by atoms with E-state index in [1.165, 1.54) is 18.2 Å². The van der Waals surface area contributed by atoms with Crippen LogP contribution in [0.1, 0.15) is 10.4 Å². The number of hydrogen-bond acceptors (Lipinski definition) is 3. The zero-order chi connectivity index (χ0) is 13.1. The highest BCUT2D eigenvalue weighted by Crippen LogP contribution is 2.20. The van der Waals surface area contributed by atoms with Crippen LogP contribution in [0.25, 0.3) is 0 Å². The number of nitrogens with two attached hydrogens (primary N) is 1. The molecule has 0 bridgehead atoms. The van der Waals surface area contributed by atoms with E-state index in [1.54, 1.807) is 0 Å². The van der Waals surface area contributed by atoms with E-state index in [1.807, 2.05) is 5.32 Å². The average molecular weight is 309 g/mol. The molecule has 0 aliphatic heterocycles. The van der Waals surface area contributed by atoms with Gasteiger partial charge in [-0.2, -0.15) is 0 Å². The van der Waals surface area contributed by atoms with Gasteiger partial charge in [-0.1, -0.05) is 0 Å². The van der Waals surface area contributed by atoms with Gasteiger partial charge in [-0.25, -0.2) is 8.78 Å². The molecule has 1 rings (SSSR count).